The Bertz CT molecular complexity index is 541. The molecule has 1 heterocycles. The molecule has 0 fully saturated rings. The average Bonchev–Trinajstić information content (AvgIpc) is 2.48. The Morgan fingerprint density at radius 1 is 1.25 bits per heavy atom. The topological polar surface area (TPSA) is 57.4 Å². The molecule has 0 bridgehead atoms. The molecule has 1 atom stereocenters. The first-order valence-electron chi connectivity index (χ1n) is 6.67. The molecule has 4 heteroatoms. The van der Waals surface area contributed by atoms with Gasteiger partial charge in [-0.1, -0.05) is 12.1 Å². The summed E-state index contributed by atoms with van der Waals surface area (Å²) >= 11 is 0. The highest BCUT2D eigenvalue weighted by Crippen LogP contribution is 2.28. The van der Waals surface area contributed by atoms with Gasteiger partial charge in [0.15, 0.2) is 0 Å². The van der Waals surface area contributed by atoms with Crippen molar-refractivity contribution < 1.29 is 9.47 Å². The number of hydrogen-bond donors (Lipinski definition) is 1. The number of pyridine rings is 1. The maximum atomic E-state index is 5.96. The summed E-state index contributed by atoms with van der Waals surface area (Å²) in [6.45, 7) is 2.50. The lowest BCUT2D eigenvalue weighted by Gasteiger charge is -2.15. The molecule has 0 radical (unpaired) electrons. The molecule has 0 unspecified atom stereocenters. The van der Waals surface area contributed by atoms with Crippen LogP contribution >= 0.6 is 0 Å². The summed E-state index contributed by atoms with van der Waals surface area (Å²) in [7, 11) is 1.64. The van der Waals surface area contributed by atoms with Crippen LogP contribution in [0, 0.1) is 0 Å². The van der Waals surface area contributed by atoms with Gasteiger partial charge in [0.1, 0.15) is 11.5 Å². The third-order valence-electron chi connectivity index (χ3n) is 3.05. The highest BCUT2D eigenvalue weighted by molar-refractivity contribution is 5.42. The maximum Gasteiger partial charge on any atom is 0.127 e. The van der Waals surface area contributed by atoms with Crippen molar-refractivity contribution in [3.63, 3.8) is 0 Å². The van der Waals surface area contributed by atoms with E-state index in [-0.39, 0.29) is 6.04 Å². The second-order valence-corrected chi connectivity index (χ2v) is 4.61. The molecule has 0 aliphatic rings. The van der Waals surface area contributed by atoms with Crippen LogP contribution in [-0.4, -0.2) is 18.7 Å². The van der Waals surface area contributed by atoms with E-state index in [0.29, 0.717) is 6.61 Å². The molecular formula is C16H20N2O2. The molecule has 4 nitrogen and oxygen atoms in total. The number of nitrogens with zero attached hydrogens (tertiary/aromatic N) is 1. The van der Waals surface area contributed by atoms with Crippen LogP contribution in [0.4, 0.5) is 0 Å². The van der Waals surface area contributed by atoms with Crippen LogP contribution in [0.3, 0.4) is 0 Å². The Morgan fingerprint density at radius 2 is 2.10 bits per heavy atom. The lowest BCUT2D eigenvalue weighted by Crippen LogP contribution is -2.10. The third kappa shape index (κ3) is 3.71. The van der Waals surface area contributed by atoms with E-state index in [1.165, 1.54) is 0 Å². The summed E-state index contributed by atoms with van der Waals surface area (Å²) in [5, 5.41) is 0. The van der Waals surface area contributed by atoms with Crippen LogP contribution in [0.1, 0.15) is 24.2 Å². The predicted octanol–water partition coefficient (Wildman–Crippen LogP) is 2.73. The lowest BCUT2D eigenvalue weighted by atomic mass is 10.1. The Kier molecular flexibility index (Phi) is 4.96. The lowest BCUT2D eigenvalue weighted by molar-refractivity contribution is 0.312. The van der Waals surface area contributed by atoms with Crippen molar-refractivity contribution in [3.05, 3.63) is 53.9 Å². The van der Waals surface area contributed by atoms with Gasteiger partial charge in [-0.05, 0) is 25.1 Å². The van der Waals surface area contributed by atoms with Gasteiger partial charge < -0.3 is 15.2 Å². The summed E-state index contributed by atoms with van der Waals surface area (Å²) in [5.74, 6) is 1.54. The van der Waals surface area contributed by atoms with Crippen LogP contribution in [0.2, 0.25) is 0 Å². The Balaban J connectivity index is 2.04. The van der Waals surface area contributed by atoms with E-state index in [2.05, 4.69) is 4.98 Å². The van der Waals surface area contributed by atoms with Gasteiger partial charge in [-0.3, -0.25) is 4.98 Å². The van der Waals surface area contributed by atoms with Crippen molar-refractivity contribution in [1.82, 2.24) is 4.98 Å². The number of rotatable bonds is 6. The maximum absolute atomic E-state index is 5.96. The zero-order valence-electron chi connectivity index (χ0n) is 11.9. The summed E-state index contributed by atoms with van der Waals surface area (Å²) in [4.78, 5) is 4.27. The number of ether oxygens (including phenoxy) is 2. The zero-order chi connectivity index (χ0) is 14.4. The second-order valence-electron chi connectivity index (χ2n) is 4.61. The molecule has 2 N–H and O–H groups in total. The molecule has 2 rings (SSSR count). The highest BCUT2D eigenvalue weighted by Gasteiger charge is 2.09. The minimum Gasteiger partial charge on any atom is -0.497 e. The van der Waals surface area contributed by atoms with E-state index in [0.717, 1.165) is 29.2 Å². The normalized spacial score (nSPS) is 11.9. The third-order valence-corrected chi connectivity index (χ3v) is 3.05. The van der Waals surface area contributed by atoms with Crippen molar-refractivity contribution in [3.8, 4) is 11.5 Å². The fourth-order valence-electron chi connectivity index (χ4n) is 1.95. The number of aromatic nitrogens is 1. The van der Waals surface area contributed by atoms with Crippen LogP contribution in [0.5, 0.6) is 11.5 Å². The molecule has 0 aliphatic carbocycles. The van der Waals surface area contributed by atoms with E-state index >= 15 is 0 Å². The van der Waals surface area contributed by atoms with Crippen LogP contribution in [0.15, 0.2) is 42.6 Å². The number of hydrogen-bond acceptors (Lipinski definition) is 4. The Labute approximate surface area is 119 Å². The average molecular weight is 272 g/mol. The van der Waals surface area contributed by atoms with Crippen LogP contribution < -0.4 is 15.2 Å². The first-order valence-corrected chi connectivity index (χ1v) is 6.67. The summed E-state index contributed by atoms with van der Waals surface area (Å²) < 4.78 is 11.1. The van der Waals surface area contributed by atoms with E-state index in [1.807, 2.05) is 43.3 Å². The van der Waals surface area contributed by atoms with E-state index in [9.17, 15) is 0 Å². The molecule has 1 aromatic heterocycles. The highest BCUT2D eigenvalue weighted by atomic mass is 16.5. The molecule has 2 aromatic rings. The molecule has 0 saturated heterocycles. The largest absolute Gasteiger partial charge is 0.497 e. The molecule has 106 valence electrons. The number of nitrogens with two attached hydrogens (primary N) is 1. The molecular weight excluding hydrogens is 252 g/mol. The van der Waals surface area contributed by atoms with Gasteiger partial charge in [0.25, 0.3) is 0 Å². The van der Waals surface area contributed by atoms with E-state index in [1.54, 1.807) is 13.3 Å². The smallest absolute Gasteiger partial charge is 0.127 e. The first-order chi connectivity index (χ1) is 9.70. The molecule has 0 aliphatic heterocycles. The van der Waals surface area contributed by atoms with Crippen LogP contribution in [-0.2, 0) is 6.42 Å². The molecule has 1 aromatic carbocycles. The fraction of sp³-hybridized carbons (Fsp3) is 0.312. The van der Waals surface area contributed by atoms with Gasteiger partial charge in [-0.2, -0.15) is 0 Å². The molecule has 20 heavy (non-hydrogen) atoms. The van der Waals surface area contributed by atoms with Crippen molar-refractivity contribution in [2.75, 3.05) is 13.7 Å². The minimum atomic E-state index is -0.0780. The summed E-state index contributed by atoms with van der Waals surface area (Å²) in [6, 6.07) is 11.5. The second kappa shape index (κ2) is 6.91. The Hall–Kier alpha value is -2.07. The minimum absolute atomic E-state index is 0.0780. The summed E-state index contributed by atoms with van der Waals surface area (Å²) in [5.41, 5.74) is 7.95. The Morgan fingerprint density at radius 3 is 2.75 bits per heavy atom. The monoisotopic (exact) mass is 272 g/mol. The predicted molar refractivity (Wildman–Crippen MR) is 79.0 cm³/mol. The SMILES string of the molecule is COc1ccc([C@@H](C)N)c(OCCc2ccccn2)c1. The van der Waals surface area contributed by atoms with Gasteiger partial charge in [-0.15, -0.1) is 0 Å². The molecule has 0 saturated carbocycles. The molecule has 0 amide bonds. The van der Waals surface area contributed by atoms with Crippen molar-refractivity contribution in [2.24, 2.45) is 5.73 Å². The number of methoxy groups -OCH3 is 1. The van der Waals surface area contributed by atoms with Crippen molar-refractivity contribution >= 4 is 0 Å². The van der Waals surface area contributed by atoms with Crippen molar-refractivity contribution in [1.29, 1.82) is 0 Å². The quantitative estimate of drug-likeness (QED) is 0.878. The summed E-state index contributed by atoms with van der Waals surface area (Å²) in [6.07, 6.45) is 2.55. The van der Waals surface area contributed by atoms with Gasteiger partial charge in [0.2, 0.25) is 0 Å². The van der Waals surface area contributed by atoms with E-state index in [4.69, 9.17) is 15.2 Å². The van der Waals surface area contributed by atoms with Gasteiger partial charge >= 0.3 is 0 Å². The van der Waals surface area contributed by atoms with Gasteiger partial charge in [-0.25, -0.2) is 0 Å². The van der Waals surface area contributed by atoms with Crippen LogP contribution in [0.25, 0.3) is 0 Å². The van der Waals surface area contributed by atoms with E-state index < -0.39 is 0 Å². The first kappa shape index (κ1) is 14.3. The standard InChI is InChI=1S/C16H20N2O2/c1-12(17)15-7-6-14(19-2)11-16(15)20-10-8-13-5-3-4-9-18-13/h3-7,9,11-12H,8,10,17H2,1-2H3/t12-/m1/s1. The fourth-order valence-corrected chi connectivity index (χ4v) is 1.95. The number of benzene rings is 1. The van der Waals surface area contributed by atoms with Crippen molar-refractivity contribution in [2.45, 2.75) is 19.4 Å². The molecule has 0 spiro atoms. The zero-order valence-corrected chi connectivity index (χ0v) is 11.9. The van der Waals surface area contributed by atoms with Gasteiger partial charge in [0.05, 0.1) is 13.7 Å². The van der Waals surface area contributed by atoms with Gasteiger partial charge in [0, 0.05) is 36.0 Å².